The lowest BCUT2D eigenvalue weighted by atomic mass is 10.1. The van der Waals surface area contributed by atoms with Gasteiger partial charge >= 0.3 is 0 Å². The first kappa shape index (κ1) is 23.4. The lowest BCUT2D eigenvalue weighted by molar-refractivity contribution is -0.479. The molecule has 0 aliphatic heterocycles. The summed E-state index contributed by atoms with van der Waals surface area (Å²) in [5.41, 5.74) is 3.31. The van der Waals surface area contributed by atoms with Crippen LogP contribution >= 0.6 is 11.8 Å². The summed E-state index contributed by atoms with van der Waals surface area (Å²) in [7, 11) is 0. The summed E-state index contributed by atoms with van der Waals surface area (Å²) in [5, 5.41) is 20.1. The number of aryl methyl sites for hydroxylation is 2. The van der Waals surface area contributed by atoms with E-state index in [-0.39, 0.29) is 23.9 Å². The van der Waals surface area contributed by atoms with E-state index in [1.807, 2.05) is 54.8 Å². The van der Waals surface area contributed by atoms with Gasteiger partial charge in [0.1, 0.15) is 29.2 Å². The Labute approximate surface area is 200 Å². The molecule has 0 saturated heterocycles. The molecule has 0 aliphatic carbocycles. The minimum atomic E-state index is -0.578. The summed E-state index contributed by atoms with van der Waals surface area (Å²) in [5.74, 6) is 0.843. The molecule has 7 nitrogen and oxygen atoms in total. The average Bonchev–Trinajstić information content (AvgIpc) is 3.17. The van der Waals surface area contributed by atoms with E-state index in [2.05, 4.69) is 10.2 Å². The Bertz CT molecular complexity index is 1310. The van der Waals surface area contributed by atoms with Crippen molar-refractivity contribution < 1.29 is 14.1 Å². The minimum Gasteiger partial charge on any atom is -0.489 e. The van der Waals surface area contributed by atoms with Crippen molar-refractivity contribution in [2.75, 3.05) is 6.54 Å². The van der Waals surface area contributed by atoms with E-state index < -0.39 is 5.25 Å². The fraction of sp³-hybridized carbons (Fsp3) is 0.200. The number of halogens is 1. The average molecular weight is 479 g/mol. The number of rotatable bonds is 9. The summed E-state index contributed by atoms with van der Waals surface area (Å²) in [6, 6.07) is 21.2. The number of benzene rings is 3. The molecule has 1 aromatic heterocycles. The number of para-hydroxylation sites is 1. The standard InChI is InChI=1S/C25H23FN4O3S/c1-17-7-5-10-21(13-17)30-18(2)27-28-25(30)34-24(15-29(31)32)22-11-3-4-12-23(22)33-16-19-8-6-9-20(26)14-19/h3-14,24H,15-16H2,1-2H3/t24-/m1/s1. The quantitative estimate of drug-likeness (QED) is 0.174. The molecule has 0 radical (unpaired) electrons. The highest BCUT2D eigenvalue weighted by atomic mass is 32.2. The van der Waals surface area contributed by atoms with Crippen molar-refractivity contribution >= 4 is 11.8 Å². The van der Waals surface area contributed by atoms with Gasteiger partial charge in [0.25, 0.3) is 0 Å². The molecule has 0 saturated carbocycles. The second kappa shape index (κ2) is 10.5. The van der Waals surface area contributed by atoms with Crippen molar-refractivity contribution in [2.45, 2.75) is 30.9 Å². The SMILES string of the molecule is Cc1cccc(-n2c(C)nnc2S[C@H](C[N+](=O)[O-])c2ccccc2OCc2cccc(F)c2)c1. The molecule has 4 aromatic rings. The van der Waals surface area contributed by atoms with Gasteiger partial charge in [0.2, 0.25) is 6.54 Å². The topological polar surface area (TPSA) is 83.1 Å². The number of ether oxygens (including phenoxy) is 1. The van der Waals surface area contributed by atoms with Crippen molar-refractivity contribution in [1.29, 1.82) is 0 Å². The van der Waals surface area contributed by atoms with Crippen LogP contribution in [0.5, 0.6) is 5.75 Å². The number of nitro groups is 1. The largest absolute Gasteiger partial charge is 0.489 e. The van der Waals surface area contributed by atoms with E-state index in [1.165, 1.54) is 23.9 Å². The molecule has 0 fully saturated rings. The fourth-order valence-corrected chi connectivity index (χ4v) is 4.81. The van der Waals surface area contributed by atoms with Crippen LogP contribution in [0.15, 0.2) is 78.0 Å². The molecule has 0 unspecified atom stereocenters. The van der Waals surface area contributed by atoms with Gasteiger partial charge < -0.3 is 4.74 Å². The maximum atomic E-state index is 13.5. The summed E-state index contributed by atoms with van der Waals surface area (Å²) in [6.07, 6.45) is 0. The maximum absolute atomic E-state index is 13.5. The zero-order valence-electron chi connectivity index (χ0n) is 18.7. The Morgan fingerprint density at radius 3 is 2.62 bits per heavy atom. The van der Waals surface area contributed by atoms with Gasteiger partial charge in [0, 0.05) is 16.2 Å². The van der Waals surface area contributed by atoms with Crippen LogP contribution in [0.3, 0.4) is 0 Å². The van der Waals surface area contributed by atoms with Gasteiger partial charge in [-0.05, 0) is 55.3 Å². The van der Waals surface area contributed by atoms with Gasteiger partial charge in [0.05, 0.1) is 0 Å². The molecular formula is C25H23FN4O3S. The zero-order valence-corrected chi connectivity index (χ0v) is 19.5. The number of nitrogens with zero attached hydrogens (tertiary/aromatic N) is 4. The second-order valence-electron chi connectivity index (χ2n) is 7.78. The third-order valence-electron chi connectivity index (χ3n) is 5.17. The van der Waals surface area contributed by atoms with E-state index in [9.17, 15) is 14.5 Å². The zero-order chi connectivity index (χ0) is 24.1. The van der Waals surface area contributed by atoms with Crippen molar-refractivity contribution in [3.63, 3.8) is 0 Å². The van der Waals surface area contributed by atoms with E-state index in [0.717, 1.165) is 11.3 Å². The third kappa shape index (κ3) is 5.60. The van der Waals surface area contributed by atoms with Crippen LogP contribution in [-0.4, -0.2) is 26.2 Å². The first-order valence-corrected chi connectivity index (χ1v) is 11.5. The first-order chi connectivity index (χ1) is 16.4. The Hall–Kier alpha value is -3.72. The van der Waals surface area contributed by atoms with Crippen LogP contribution in [-0.2, 0) is 6.61 Å². The summed E-state index contributed by atoms with van der Waals surface area (Å²) in [6.45, 7) is 3.66. The van der Waals surface area contributed by atoms with Crippen molar-refractivity contribution in [3.05, 3.63) is 111 Å². The van der Waals surface area contributed by atoms with Crippen LogP contribution in [0, 0.1) is 29.8 Å². The fourth-order valence-electron chi connectivity index (χ4n) is 3.61. The molecule has 34 heavy (non-hydrogen) atoms. The van der Waals surface area contributed by atoms with Gasteiger partial charge in [-0.2, -0.15) is 0 Å². The number of aromatic nitrogens is 3. The van der Waals surface area contributed by atoms with Gasteiger partial charge in [-0.25, -0.2) is 4.39 Å². The van der Waals surface area contributed by atoms with Crippen molar-refractivity contribution in [1.82, 2.24) is 14.8 Å². The maximum Gasteiger partial charge on any atom is 0.220 e. The molecule has 3 aromatic carbocycles. The molecule has 0 bridgehead atoms. The molecule has 0 aliphatic rings. The minimum absolute atomic E-state index is 0.142. The van der Waals surface area contributed by atoms with E-state index in [1.54, 1.807) is 24.3 Å². The van der Waals surface area contributed by atoms with E-state index in [0.29, 0.717) is 27.9 Å². The molecule has 1 atom stereocenters. The van der Waals surface area contributed by atoms with Crippen LogP contribution in [0.2, 0.25) is 0 Å². The third-order valence-corrected chi connectivity index (χ3v) is 6.33. The van der Waals surface area contributed by atoms with Crippen LogP contribution < -0.4 is 4.74 Å². The van der Waals surface area contributed by atoms with Gasteiger partial charge in [-0.3, -0.25) is 14.7 Å². The van der Waals surface area contributed by atoms with E-state index >= 15 is 0 Å². The summed E-state index contributed by atoms with van der Waals surface area (Å²) in [4.78, 5) is 11.2. The molecular weight excluding hydrogens is 455 g/mol. The highest BCUT2D eigenvalue weighted by molar-refractivity contribution is 7.99. The molecule has 174 valence electrons. The van der Waals surface area contributed by atoms with E-state index in [4.69, 9.17) is 4.74 Å². The summed E-state index contributed by atoms with van der Waals surface area (Å²) < 4.78 is 21.4. The Balaban J connectivity index is 1.65. The number of thioether (sulfide) groups is 1. The molecule has 9 heteroatoms. The summed E-state index contributed by atoms with van der Waals surface area (Å²) >= 11 is 1.26. The lowest BCUT2D eigenvalue weighted by Gasteiger charge is -2.18. The number of hydrogen-bond donors (Lipinski definition) is 0. The van der Waals surface area contributed by atoms with Crippen LogP contribution in [0.4, 0.5) is 4.39 Å². The Kier molecular flexibility index (Phi) is 7.22. The lowest BCUT2D eigenvalue weighted by Crippen LogP contribution is -2.12. The molecule has 0 spiro atoms. The smallest absolute Gasteiger partial charge is 0.220 e. The normalized spacial score (nSPS) is 11.9. The highest BCUT2D eigenvalue weighted by Gasteiger charge is 2.26. The predicted molar refractivity (Wildman–Crippen MR) is 128 cm³/mol. The molecule has 0 N–H and O–H groups in total. The highest BCUT2D eigenvalue weighted by Crippen LogP contribution is 2.40. The van der Waals surface area contributed by atoms with Gasteiger partial charge in [-0.1, -0.05) is 54.2 Å². The van der Waals surface area contributed by atoms with Gasteiger partial charge in [0.15, 0.2) is 5.16 Å². The first-order valence-electron chi connectivity index (χ1n) is 10.6. The Morgan fingerprint density at radius 1 is 1.06 bits per heavy atom. The van der Waals surface area contributed by atoms with Gasteiger partial charge in [-0.15, -0.1) is 10.2 Å². The van der Waals surface area contributed by atoms with Crippen molar-refractivity contribution in [3.8, 4) is 11.4 Å². The molecule has 4 rings (SSSR count). The van der Waals surface area contributed by atoms with Crippen LogP contribution in [0.25, 0.3) is 5.69 Å². The predicted octanol–water partition coefficient (Wildman–Crippen LogP) is 5.71. The Morgan fingerprint density at radius 2 is 1.85 bits per heavy atom. The molecule has 0 amide bonds. The monoisotopic (exact) mass is 478 g/mol. The number of hydrogen-bond acceptors (Lipinski definition) is 6. The second-order valence-corrected chi connectivity index (χ2v) is 8.95. The van der Waals surface area contributed by atoms with Crippen LogP contribution in [0.1, 0.15) is 27.8 Å². The molecule has 1 heterocycles. The van der Waals surface area contributed by atoms with Crippen molar-refractivity contribution in [2.24, 2.45) is 0 Å².